The zero-order valence-corrected chi connectivity index (χ0v) is 21.7. The first kappa shape index (κ1) is 26.7. The normalized spacial score (nSPS) is 11.6. The maximum atomic E-state index is 13.6. The molecule has 0 spiro atoms. The number of hydrogen-bond donors (Lipinski definition) is 1. The Hall–Kier alpha value is -4.39. The zero-order valence-electron chi connectivity index (χ0n) is 21.7. The SMILES string of the molecule is CCOC(=O)CCCc1cc(C(=O)c2cccc(NC(C)C(=O)OCc3ccccc3)c2)c2ccccn12. The van der Waals surface area contributed by atoms with E-state index in [-0.39, 0.29) is 24.3 Å². The fourth-order valence-electron chi connectivity index (χ4n) is 4.31. The second-order valence-corrected chi connectivity index (χ2v) is 9.03. The average Bonchev–Trinajstić information content (AvgIpc) is 3.30. The molecule has 0 bridgehead atoms. The van der Waals surface area contributed by atoms with Crippen molar-refractivity contribution in [1.29, 1.82) is 0 Å². The van der Waals surface area contributed by atoms with Gasteiger partial charge >= 0.3 is 11.9 Å². The molecule has 0 amide bonds. The topological polar surface area (TPSA) is 86.1 Å². The minimum absolute atomic E-state index is 0.117. The smallest absolute Gasteiger partial charge is 0.328 e. The minimum Gasteiger partial charge on any atom is -0.466 e. The number of aryl methyl sites for hydroxylation is 1. The zero-order chi connectivity index (χ0) is 26.9. The minimum atomic E-state index is -0.592. The van der Waals surface area contributed by atoms with Gasteiger partial charge in [0.1, 0.15) is 12.6 Å². The number of nitrogens with one attached hydrogen (secondary N) is 1. The van der Waals surface area contributed by atoms with Gasteiger partial charge in [0.15, 0.2) is 5.78 Å². The predicted octanol–water partition coefficient (Wildman–Crippen LogP) is 5.60. The number of aromatic nitrogens is 1. The molecule has 4 rings (SSSR count). The highest BCUT2D eigenvalue weighted by Crippen LogP contribution is 2.23. The Kier molecular flexibility index (Phi) is 8.93. The summed E-state index contributed by atoms with van der Waals surface area (Å²) in [7, 11) is 0. The number of ketones is 1. The Morgan fingerprint density at radius 2 is 1.71 bits per heavy atom. The molecule has 7 nitrogen and oxygen atoms in total. The number of carbonyl (C=O) groups excluding carboxylic acids is 3. The molecule has 7 heteroatoms. The van der Waals surface area contributed by atoms with Crippen LogP contribution in [0.25, 0.3) is 5.52 Å². The fraction of sp³-hybridized carbons (Fsp3) is 0.258. The van der Waals surface area contributed by atoms with E-state index in [1.807, 2.05) is 71.3 Å². The Morgan fingerprint density at radius 3 is 2.50 bits per heavy atom. The average molecular weight is 513 g/mol. The van der Waals surface area contributed by atoms with E-state index in [9.17, 15) is 14.4 Å². The number of benzene rings is 2. The summed E-state index contributed by atoms with van der Waals surface area (Å²) in [5.41, 5.74) is 4.43. The van der Waals surface area contributed by atoms with Gasteiger partial charge in [0.05, 0.1) is 12.1 Å². The van der Waals surface area contributed by atoms with E-state index in [1.165, 1.54) is 0 Å². The third-order valence-corrected chi connectivity index (χ3v) is 6.21. The second-order valence-electron chi connectivity index (χ2n) is 9.03. The number of rotatable bonds is 12. The summed E-state index contributed by atoms with van der Waals surface area (Å²) in [4.78, 5) is 37.8. The van der Waals surface area contributed by atoms with E-state index in [0.717, 1.165) is 16.8 Å². The van der Waals surface area contributed by atoms with Crippen LogP contribution in [-0.2, 0) is 32.1 Å². The Labute approximate surface area is 222 Å². The number of nitrogens with zero attached hydrogens (tertiary/aromatic N) is 1. The number of pyridine rings is 1. The van der Waals surface area contributed by atoms with Gasteiger partial charge in [0, 0.05) is 35.1 Å². The molecule has 2 aromatic carbocycles. The lowest BCUT2D eigenvalue weighted by atomic mass is 10.0. The van der Waals surface area contributed by atoms with Gasteiger partial charge in [-0.05, 0) is 62.6 Å². The van der Waals surface area contributed by atoms with E-state index in [1.54, 1.807) is 32.0 Å². The van der Waals surface area contributed by atoms with Crippen LogP contribution in [0.2, 0.25) is 0 Å². The standard InChI is InChI=1S/C31H32N2O5/c1-3-37-29(34)17-10-15-26-20-27(28-16-7-8-18-33(26)28)30(35)24-13-9-14-25(19-24)32-22(2)31(36)38-21-23-11-5-4-6-12-23/h4-9,11-14,16,18-20,22,32H,3,10,15,17,21H2,1-2H3. The lowest BCUT2D eigenvalue weighted by molar-refractivity contribution is -0.145. The van der Waals surface area contributed by atoms with Crippen molar-refractivity contribution in [1.82, 2.24) is 4.40 Å². The van der Waals surface area contributed by atoms with Crippen LogP contribution in [-0.4, -0.2) is 34.8 Å². The Bertz CT molecular complexity index is 1410. The quantitative estimate of drug-likeness (QED) is 0.196. The van der Waals surface area contributed by atoms with Crippen molar-refractivity contribution in [2.45, 2.75) is 45.8 Å². The van der Waals surface area contributed by atoms with E-state index >= 15 is 0 Å². The molecular formula is C31H32N2O5. The number of ether oxygens (including phenoxy) is 2. The summed E-state index contributed by atoms with van der Waals surface area (Å²) < 4.78 is 12.4. The lowest BCUT2D eigenvalue weighted by Crippen LogP contribution is -2.28. The van der Waals surface area contributed by atoms with Crippen LogP contribution in [0.15, 0.2) is 85.1 Å². The first-order valence-electron chi connectivity index (χ1n) is 12.8. The van der Waals surface area contributed by atoms with Gasteiger partial charge in [-0.15, -0.1) is 0 Å². The largest absolute Gasteiger partial charge is 0.466 e. The Morgan fingerprint density at radius 1 is 0.921 bits per heavy atom. The number of anilines is 1. The van der Waals surface area contributed by atoms with Crippen LogP contribution in [0.3, 0.4) is 0 Å². The number of fused-ring (bicyclic) bond motifs is 1. The van der Waals surface area contributed by atoms with E-state index in [4.69, 9.17) is 9.47 Å². The van der Waals surface area contributed by atoms with Gasteiger partial charge in [-0.1, -0.05) is 48.5 Å². The van der Waals surface area contributed by atoms with Crippen LogP contribution in [0.1, 0.15) is 53.9 Å². The van der Waals surface area contributed by atoms with Crippen LogP contribution in [0, 0.1) is 0 Å². The van der Waals surface area contributed by atoms with E-state index in [0.29, 0.717) is 42.7 Å². The molecule has 0 fully saturated rings. The van der Waals surface area contributed by atoms with Gasteiger partial charge in [0.25, 0.3) is 0 Å². The number of carbonyl (C=O) groups is 3. The molecule has 2 heterocycles. The van der Waals surface area contributed by atoms with Crippen LogP contribution < -0.4 is 5.32 Å². The highest BCUT2D eigenvalue weighted by Gasteiger charge is 2.19. The molecule has 0 radical (unpaired) electrons. The van der Waals surface area contributed by atoms with Crippen LogP contribution in [0.4, 0.5) is 5.69 Å². The molecule has 0 saturated carbocycles. The highest BCUT2D eigenvalue weighted by molar-refractivity contribution is 6.13. The van der Waals surface area contributed by atoms with E-state index < -0.39 is 6.04 Å². The summed E-state index contributed by atoms with van der Waals surface area (Å²) >= 11 is 0. The van der Waals surface area contributed by atoms with Crippen molar-refractivity contribution in [2.75, 3.05) is 11.9 Å². The summed E-state index contributed by atoms with van der Waals surface area (Å²) in [6.45, 7) is 4.09. The molecule has 0 aliphatic rings. The summed E-state index contributed by atoms with van der Waals surface area (Å²) in [6.07, 6.45) is 3.52. The molecule has 1 atom stereocenters. The fourth-order valence-corrected chi connectivity index (χ4v) is 4.31. The van der Waals surface area contributed by atoms with Gasteiger partial charge in [-0.2, -0.15) is 0 Å². The second kappa shape index (κ2) is 12.7. The summed E-state index contributed by atoms with van der Waals surface area (Å²) in [5, 5.41) is 3.14. The molecule has 1 N–H and O–H groups in total. The van der Waals surface area contributed by atoms with Crippen LogP contribution in [0.5, 0.6) is 0 Å². The lowest BCUT2D eigenvalue weighted by Gasteiger charge is -2.15. The van der Waals surface area contributed by atoms with Gasteiger partial charge < -0.3 is 19.2 Å². The number of esters is 2. The molecule has 0 aliphatic heterocycles. The summed E-state index contributed by atoms with van der Waals surface area (Å²) in [5.74, 6) is -0.711. The molecule has 0 aliphatic carbocycles. The van der Waals surface area contributed by atoms with Crippen molar-refractivity contribution in [3.05, 3.63) is 107 Å². The molecule has 4 aromatic rings. The third kappa shape index (κ3) is 6.68. The molecule has 0 saturated heterocycles. The van der Waals surface area contributed by atoms with Gasteiger partial charge in [-0.25, -0.2) is 4.79 Å². The molecule has 38 heavy (non-hydrogen) atoms. The van der Waals surface area contributed by atoms with Crippen molar-refractivity contribution >= 4 is 28.9 Å². The molecule has 1 unspecified atom stereocenters. The maximum Gasteiger partial charge on any atom is 0.328 e. The first-order chi connectivity index (χ1) is 18.5. The van der Waals surface area contributed by atoms with Crippen molar-refractivity contribution in [3.8, 4) is 0 Å². The predicted molar refractivity (Wildman–Crippen MR) is 146 cm³/mol. The molecule has 196 valence electrons. The highest BCUT2D eigenvalue weighted by atomic mass is 16.5. The third-order valence-electron chi connectivity index (χ3n) is 6.21. The van der Waals surface area contributed by atoms with Crippen molar-refractivity contribution < 1.29 is 23.9 Å². The van der Waals surface area contributed by atoms with Crippen molar-refractivity contribution in [3.63, 3.8) is 0 Å². The van der Waals surface area contributed by atoms with Gasteiger partial charge in [-0.3, -0.25) is 9.59 Å². The molecular weight excluding hydrogens is 480 g/mol. The maximum absolute atomic E-state index is 13.6. The van der Waals surface area contributed by atoms with E-state index in [2.05, 4.69) is 5.32 Å². The molecule has 2 aromatic heterocycles. The first-order valence-corrected chi connectivity index (χ1v) is 12.8. The van der Waals surface area contributed by atoms with Crippen LogP contribution >= 0.6 is 0 Å². The Balaban J connectivity index is 1.45. The number of hydrogen-bond acceptors (Lipinski definition) is 6. The monoisotopic (exact) mass is 512 g/mol. The summed E-state index contributed by atoms with van der Waals surface area (Å²) in [6, 6.07) is 23.6. The van der Waals surface area contributed by atoms with Crippen molar-refractivity contribution in [2.24, 2.45) is 0 Å². The van der Waals surface area contributed by atoms with Gasteiger partial charge in [0.2, 0.25) is 0 Å².